The molecular formula is C20H17ClN2O6. The van der Waals surface area contributed by atoms with Crippen molar-refractivity contribution < 1.29 is 24.0 Å². The second-order valence-corrected chi connectivity index (χ2v) is 6.87. The van der Waals surface area contributed by atoms with Crippen LogP contribution < -0.4 is 0 Å². The fraction of sp³-hybridized carbons (Fsp3) is 0.250. The molecule has 0 radical (unpaired) electrons. The monoisotopic (exact) mass is 416 g/mol. The highest BCUT2D eigenvalue weighted by Crippen LogP contribution is 2.27. The highest BCUT2D eigenvalue weighted by atomic mass is 35.5. The van der Waals surface area contributed by atoms with Crippen molar-refractivity contribution in [1.82, 2.24) is 4.90 Å². The molecule has 3 rings (SSSR count). The molecule has 150 valence electrons. The Morgan fingerprint density at radius 1 is 1.07 bits per heavy atom. The first-order valence-electron chi connectivity index (χ1n) is 8.91. The predicted octanol–water partition coefficient (Wildman–Crippen LogP) is 3.26. The first kappa shape index (κ1) is 20.5. The number of carbonyl (C=O) groups excluding carboxylic acids is 3. The number of carbonyl (C=O) groups is 3. The van der Waals surface area contributed by atoms with Crippen LogP contribution in [-0.4, -0.2) is 47.2 Å². The highest BCUT2D eigenvalue weighted by Gasteiger charge is 2.24. The minimum absolute atomic E-state index is 0.00879. The maximum atomic E-state index is 12.9. The summed E-state index contributed by atoms with van der Waals surface area (Å²) in [7, 11) is 0. The highest BCUT2D eigenvalue weighted by molar-refractivity contribution is 6.33. The van der Waals surface area contributed by atoms with Crippen LogP contribution in [0.3, 0.4) is 0 Å². The third kappa shape index (κ3) is 4.60. The van der Waals surface area contributed by atoms with E-state index in [1.165, 1.54) is 24.3 Å². The van der Waals surface area contributed by atoms with E-state index in [0.29, 0.717) is 13.1 Å². The number of nitrogens with zero attached hydrogens (tertiary/aromatic N) is 2. The molecule has 29 heavy (non-hydrogen) atoms. The van der Waals surface area contributed by atoms with Crippen LogP contribution in [0.25, 0.3) is 0 Å². The van der Waals surface area contributed by atoms with E-state index in [1.54, 1.807) is 17.0 Å². The van der Waals surface area contributed by atoms with Crippen molar-refractivity contribution in [3.8, 4) is 0 Å². The molecule has 0 aliphatic carbocycles. The van der Waals surface area contributed by atoms with Crippen molar-refractivity contribution in [1.29, 1.82) is 0 Å². The molecule has 2 aromatic carbocycles. The summed E-state index contributed by atoms with van der Waals surface area (Å²) < 4.78 is 5.10. The van der Waals surface area contributed by atoms with Gasteiger partial charge >= 0.3 is 5.97 Å². The van der Waals surface area contributed by atoms with Crippen LogP contribution >= 0.6 is 11.6 Å². The maximum absolute atomic E-state index is 12.9. The van der Waals surface area contributed by atoms with E-state index in [9.17, 15) is 24.5 Å². The van der Waals surface area contributed by atoms with Gasteiger partial charge in [0.2, 0.25) is 0 Å². The molecule has 0 aromatic heterocycles. The van der Waals surface area contributed by atoms with Gasteiger partial charge in [-0.2, -0.15) is 0 Å². The average molecular weight is 417 g/mol. The Labute approximate surface area is 171 Å². The third-order valence-corrected chi connectivity index (χ3v) is 4.90. The molecule has 9 heteroatoms. The zero-order valence-electron chi connectivity index (χ0n) is 15.3. The van der Waals surface area contributed by atoms with Crippen LogP contribution in [0.1, 0.15) is 39.1 Å². The number of amides is 1. The molecule has 0 spiro atoms. The Kier molecular flexibility index (Phi) is 6.23. The molecule has 1 fully saturated rings. The van der Waals surface area contributed by atoms with Gasteiger partial charge < -0.3 is 9.64 Å². The summed E-state index contributed by atoms with van der Waals surface area (Å²) in [6.45, 7) is 0.870. The van der Waals surface area contributed by atoms with E-state index in [-0.39, 0.29) is 27.6 Å². The van der Waals surface area contributed by atoms with Crippen molar-refractivity contribution >= 4 is 34.9 Å². The second-order valence-electron chi connectivity index (χ2n) is 6.46. The minimum Gasteiger partial charge on any atom is -0.452 e. The Hall–Kier alpha value is -3.26. The first-order chi connectivity index (χ1) is 13.9. The predicted molar refractivity (Wildman–Crippen MR) is 104 cm³/mol. The number of likely N-dealkylation sites (tertiary alicyclic amines) is 1. The first-order valence-corrected chi connectivity index (χ1v) is 9.29. The summed E-state index contributed by atoms with van der Waals surface area (Å²) in [6, 6.07) is 9.59. The van der Waals surface area contributed by atoms with Gasteiger partial charge in [0, 0.05) is 30.3 Å². The van der Waals surface area contributed by atoms with Gasteiger partial charge in [0.25, 0.3) is 11.6 Å². The third-order valence-electron chi connectivity index (χ3n) is 4.58. The summed E-state index contributed by atoms with van der Waals surface area (Å²) in [4.78, 5) is 49.4. The summed E-state index contributed by atoms with van der Waals surface area (Å²) in [5.74, 6) is -1.69. The van der Waals surface area contributed by atoms with Crippen molar-refractivity contribution in [2.75, 3.05) is 19.7 Å². The number of nitro groups is 1. The van der Waals surface area contributed by atoms with Crippen molar-refractivity contribution in [2.45, 2.75) is 12.8 Å². The van der Waals surface area contributed by atoms with Gasteiger partial charge in [-0.05, 0) is 31.0 Å². The summed E-state index contributed by atoms with van der Waals surface area (Å²) >= 11 is 5.79. The zero-order valence-corrected chi connectivity index (χ0v) is 16.1. The molecule has 1 aliphatic rings. The van der Waals surface area contributed by atoms with Crippen LogP contribution in [0.2, 0.25) is 5.02 Å². The topological polar surface area (TPSA) is 107 Å². The van der Waals surface area contributed by atoms with Crippen LogP contribution in [-0.2, 0) is 9.53 Å². The van der Waals surface area contributed by atoms with E-state index in [1.807, 2.05) is 0 Å². The number of nitro benzene ring substituents is 1. The standard InChI is InChI=1S/C20H17ClN2O6/c21-16-8-7-13(11-17(16)23(27)28)19(25)14-5-1-2-6-15(14)20(26)29-12-18(24)22-9-3-4-10-22/h1-2,5-8,11H,3-4,9-10,12H2. The van der Waals surface area contributed by atoms with E-state index in [0.717, 1.165) is 18.9 Å². The normalized spacial score (nSPS) is 13.2. The lowest BCUT2D eigenvalue weighted by Crippen LogP contribution is -2.32. The Bertz CT molecular complexity index is 985. The van der Waals surface area contributed by atoms with E-state index < -0.39 is 29.0 Å². The molecular weight excluding hydrogens is 400 g/mol. The number of hydrogen-bond acceptors (Lipinski definition) is 6. The molecule has 0 saturated carbocycles. The Morgan fingerprint density at radius 3 is 2.38 bits per heavy atom. The van der Waals surface area contributed by atoms with Crippen molar-refractivity contribution in [2.24, 2.45) is 0 Å². The lowest BCUT2D eigenvalue weighted by Gasteiger charge is -2.15. The molecule has 1 aliphatic heterocycles. The fourth-order valence-electron chi connectivity index (χ4n) is 3.07. The molecule has 1 amide bonds. The number of benzene rings is 2. The summed E-state index contributed by atoms with van der Waals surface area (Å²) in [6.07, 6.45) is 1.84. The maximum Gasteiger partial charge on any atom is 0.339 e. The number of ketones is 1. The Balaban J connectivity index is 1.80. The summed E-state index contributed by atoms with van der Waals surface area (Å²) in [5, 5.41) is 11.0. The van der Waals surface area contributed by atoms with Crippen molar-refractivity contribution in [3.05, 3.63) is 74.3 Å². The van der Waals surface area contributed by atoms with Crippen LogP contribution in [0, 0.1) is 10.1 Å². The molecule has 2 aromatic rings. The molecule has 1 saturated heterocycles. The largest absolute Gasteiger partial charge is 0.452 e. The minimum atomic E-state index is -0.815. The quantitative estimate of drug-likeness (QED) is 0.309. The number of hydrogen-bond donors (Lipinski definition) is 0. The van der Waals surface area contributed by atoms with Gasteiger partial charge in [-0.1, -0.05) is 29.8 Å². The number of halogens is 1. The van der Waals surface area contributed by atoms with Gasteiger partial charge in [-0.25, -0.2) is 4.79 Å². The fourth-order valence-corrected chi connectivity index (χ4v) is 3.26. The van der Waals surface area contributed by atoms with E-state index in [2.05, 4.69) is 0 Å². The van der Waals surface area contributed by atoms with Crippen LogP contribution in [0.4, 0.5) is 5.69 Å². The van der Waals surface area contributed by atoms with Gasteiger partial charge in [-0.15, -0.1) is 0 Å². The Morgan fingerprint density at radius 2 is 1.72 bits per heavy atom. The van der Waals surface area contributed by atoms with Crippen molar-refractivity contribution in [3.63, 3.8) is 0 Å². The molecule has 8 nitrogen and oxygen atoms in total. The molecule has 0 N–H and O–H groups in total. The van der Waals surface area contributed by atoms with Gasteiger partial charge in [0.15, 0.2) is 12.4 Å². The molecule has 0 atom stereocenters. The molecule has 0 unspecified atom stereocenters. The van der Waals surface area contributed by atoms with Gasteiger partial charge in [0.1, 0.15) is 5.02 Å². The van der Waals surface area contributed by atoms with Gasteiger partial charge in [-0.3, -0.25) is 19.7 Å². The van der Waals surface area contributed by atoms with E-state index >= 15 is 0 Å². The average Bonchev–Trinajstić information content (AvgIpc) is 3.26. The van der Waals surface area contributed by atoms with Gasteiger partial charge in [0.05, 0.1) is 10.5 Å². The zero-order chi connectivity index (χ0) is 21.0. The smallest absolute Gasteiger partial charge is 0.339 e. The van der Waals surface area contributed by atoms with E-state index in [4.69, 9.17) is 16.3 Å². The second kappa shape index (κ2) is 8.83. The molecule has 0 bridgehead atoms. The number of ether oxygens (including phenoxy) is 1. The van der Waals surface area contributed by atoms with Crippen LogP contribution in [0.15, 0.2) is 42.5 Å². The van der Waals surface area contributed by atoms with Crippen LogP contribution in [0.5, 0.6) is 0 Å². The summed E-state index contributed by atoms with van der Waals surface area (Å²) in [5.41, 5.74) is -0.407. The SMILES string of the molecule is O=C(OCC(=O)N1CCCC1)c1ccccc1C(=O)c1ccc(Cl)c([N+](=O)[O-])c1. The lowest BCUT2D eigenvalue weighted by molar-refractivity contribution is -0.384. The number of esters is 1. The number of rotatable bonds is 6. The lowest BCUT2D eigenvalue weighted by atomic mass is 9.98. The molecule has 1 heterocycles.